The highest BCUT2D eigenvalue weighted by atomic mass is 32.1. The van der Waals surface area contributed by atoms with E-state index in [1.54, 1.807) is 7.11 Å². The van der Waals surface area contributed by atoms with Crippen LogP contribution < -0.4 is 15.4 Å². The summed E-state index contributed by atoms with van der Waals surface area (Å²) in [6, 6.07) is 0. The molecule has 0 saturated heterocycles. The van der Waals surface area contributed by atoms with Crippen LogP contribution in [0.1, 0.15) is 20.3 Å². The van der Waals surface area contributed by atoms with E-state index in [-0.39, 0.29) is 0 Å². The lowest BCUT2D eigenvalue weighted by Crippen LogP contribution is -2.23. The first kappa shape index (κ1) is 12.1. The van der Waals surface area contributed by atoms with E-state index in [4.69, 9.17) is 10.5 Å². The van der Waals surface area contributed by atoms with Crippen molar-refractivity contribution in [1.82, 2.24) is 4.37 Å². The van der Waals surface area contributed by atoms with Crippen molar-refractivity contribution in [3.05, 3.63) is 0 Å². The van der Waals surface area contributed by atoms with E-state index >= 15 is 0 Å². The molecule has 0 fully saturated rings. The third-order valence-corrected chi connectivity index (χ3v) is 3.45. The Morgan fingerprint density at radius 3 is 2.80 bits per heavy atom. The zero-order valence-electron chi connectivity index (χ0n) is 9.78. The number of nitrogens with two attached hydrogens (primary N) is 1. The molecule has 1 unspecified atom stereocenters. The molecule has 0 saturated carbocycles. The Balaban J connectivity index is 2.77. The van der Waals surface area contributed by atoms with Gasteiger partial charge in [0.05, 0.1) is 7.11 Å². The average molecular weight is 229 g/mol. The lowest BCUT2D eigenvalue weighted by molar-refractivity contribution is 0.417. The van der Waals surface area contributed by atoms with Gasteiger partial charge in [-0.2, -0.15) is 4.37 Å². The fourth-order valence-corrected chi connectivity index (χ4v) is 2.15. The first-order valence-corrected chi connectivity index (χ1v) is 5.87. The molecule has 0 amide bonds. The summed E-state index contributed by atoms with van der Waals surface area (Å²) in [5.41, 5.74) is 5.70. The molecule has 0 bridgehead atoms. The van der Waals surface area contributed by atoms with Crippen molar-refractivity contribution in [1.29, 1.82) is 0 Å². The molecule has 1 rings (SSSR count). The monoisotopic (exact) mass is 229 g/mol. The van der Waals surface area contributed by atoms with E-state index in [9.17, 15) is 0 Å². The SMILES string of the molecule is CCC(C)CN(C)c1snc(N)c1OC. The average Bonchev–Trinajstić information content (AvgIpc) is 2.59. The zero-order chi connectivity index (χ0) is 11.4. The Kier molecular flexibility index (Phi) is 4.20. The zero-order valence-corrected chi connectivity index (χ0v) is 10.6. The molecule has 0 aromatic carbocycles. The third kappa shape index (κ3) is 2.75. The van der Waals surface area contributed by atoms with Crippen molar-refractivity contribution in [2.24, 2.45) is 5.92 Å². The van der Waals surface area contributed by atoms with E-state index in [0.717, 1.165) is 11.5 Å². The number of anilines is 2. The summed E-state index contributed by atoms with van der Waals surface area (Å²) >= 11 is 1.39. The van der Waals surface area contributed by atoms with Crippen molar-refractivity contribution in [3.8, 4) is 5.75 Å². The summed E-state index contributed by atoms with van der Waals surface area (Å²) in [7, 11) is 3.67. The maximum Gasteiger partial charge on any atom is 0.197 e. The molecule has 0 aliphatic heterocycles. The molecule has 1 aromatic rings. The van der Waals surface area contributed by atoms with Crippen molar-refractivity contribution in [2.75, 3.05) is 31.3 Å². The van der Waals surface area contributed by atoms with Crippen molar-refractivity contribution < 1.29 is 4.74 Å². The molecular weight excluding hydrogens is 210 g/mol. The highest BCUT2D eigenvalue weighted by Crippen LogP contribution is 2.37. The first-order chi connectivity index (χ1) is 7.10. The van der Waals surface area contributed by atoms with E-state index < -0.39 is 0 Å². The fraction of sp³-hybridized carbons (Fsp3) is 0.700. The molecule has 15 heavy (non-hydrogen) atoms. The quantitative estimate of drug-likeness (QED) is 0.841. The summed E-state index contributed by atoms with van der Waals surface area (Å²) in [5.74, 6) is 1.84. The second-order valence-electron chi connectivity index (χ2n) is 3.80. The molecular formula is C10H19N3OS. The minimum atomic E-state index is 0.480. The number of methoxy groups -OCH3 is 1. The van der Waals surface area contributed by atoms with E-state index in [1.807, 2.05) is 7.05 Å². The third-order valence-electron chi connectivity index (χ3n) is 2.49. The molecule has 86 valence electrons. The fourth-order valence-electron chi connectivity index (χ4n) is 1.40. The maximum absolute atomic E-state index is 5.70. The second kappa shape index (κ2) is 5.21. The summed E-state index contributed by atoms with van der Waals surface area (Å²) < 4.78 is 9.33. The summed E-state index contributed by atoms with van der Waals surface area (Å²) in [6.45, 7) is 5.42. The van der Waals surface area contributed by atoms with Gasteiger partial charge < -0.3 is 15.4 Å². The Labute approximate surface area is 95.2 Å². The number of aromatic nitrogens is 1. The van der Waals surface area contributed by atoms with Crippen LogP contribution in [0.15, 0.2) is 0 Å². The molecule has 1 atom stereocenters. The van der Waals surface area contributed by atoms with Gasteiger partial charge in [0.15, 0.2) is 16.6 Å². The largest absolute Gasteiger partial charge is 0.490 e. The van der Waals surface area contributed by atoms with Crippen LogP contribution in [0, 0.1) is 5.92 Å². The number of nitrogen functional groups attached to an aromatic ring is 1. The van der Waals surface area contributed by atoms with Crippen LogP contribution in [0.25, 0.3) is 0 Å². The Morgan fingerprint density at radius 1 is 1.60 bits per heavy atom. The van der Waals surface area contributed by atoms with Gasteiger partial charge in [-0.1, -0.05) is 20.3 Å². The number of ether oxygens (including phenoxy) is 1. The molecule has 2 N–H and O–H groups in total. The smallest absolute Gasteiger partial charge is 0.197 e. The van der Waals surface area contributed by atoms with Crippen molar-refractivity contribution in [2.45, 2.75) is 20.3 Å². The molecule has 4 nitrogen and oxygen atoms in total. The number of hydrogen-bond donors (Lipinski definition) is 1. The molecule has 5 heteroatoms. The molecule has 0 aliphatic rings. The standard InChI is InChI=1S/C10H19N3OS/c1-5-7(2)6-13(3)10-8(14-4)9(11)12-15-10/h7H,5-6H2,1-4H3,(H2,11,12). The first-order valence-electron chi connectivity index (χ1n) is 5.10. The minimum Gasteiger partial charge on any atom is -0.490 e. The van der Waals surface area contributed by atoms with Gasteiger partial charge in [0, 0.05) is 13.6 Å². The summed E-state index contributed by atoms with van der Waals surface area (Å²) in [5, 5.41) is 1.01. The van der Waals surface area contributed by atoms with E-state index in [1.165, 1.54) is 18.0 Å². The number of rotatable bonds is 5. The van der Waals surface area contributed by atoms with Crippen LogP contribution in [0.3, 0.4) is 0 Å². The van der Waals surface area contributed by atoms with Gasteiger partial charge in [0.1, 0.15) is 0 Å². The topological polar surface area (TPSA) is 51.4 Å². The van der Waals surface area contributed by atoms with Crippen LogP contribution in [0.2, 0.25) is 0 Å². The molecule has 1 heterocycles. The van der Waals surface area contributed by atoms with Gasteiger partial charge in [-0.3, -0.25) is 0 Å². The van der Waals surface area contributed by atoms with Gasteiger partial charge in [0.25, 0.3) is 0 Å². The Bertz CT molecular complexity index is 314. The van der Waals surface area contributed by atoms with Crippen LogP contribution in [0.4, 0.5) is 10.8 Å². The summed E-state index contributed by atoms with van der Waals surface area (Å²) in [6.07, 6.45) is 1.17. The lowest BCUT2D eigenvalue weighted by atomic mass is 10.1. The number of hydrogen-bond acceptors (Lipinski definition) is 5. The van der Waals surface area contributed by atoms with E-state index in [0.29, 0.717) is 17.5 Å². The highest BCUT2D eigenvalue weighted by Gasteiger charge is 2.16. The Morgan fingerprint density at radius 2 is 2.27 bits per heavy atom. The van der Waals surface area contributed by atoms with Crippen LogP contribution in [0.5, 0.6) is 5.75 Å². The van der Waals surface area contributed by atoms with Crippen LogP contribution >= 0.6 is 11.5 Å². The van der Waals surface area contributed by atoms with Crippen molar-refractivity contribution >= 4 is 22.4 Å². The normalized spacial score (nSPS) is 12.5. The van der Waals surface area contributed by atoms with Crippen LogP contribution in [-0.4, -0.2) is 25.1 Å². The summed E-state index contributed by atoms with van der Waals surface area (Å²) in [4.78, 5) is 2.15. The van der Waals surface area contributed by atoms with Gasteiger partial charge >= 0.3 is 0 Å². The van der Waals surface area contributed by atoms with Gasteiger partial charge in [-0.05, 0) is 17.5 Å². The molecule has 0 spiro atoms. The van der Waals surface area contributed by atoms with Gasteiger partial charge in [0.2, 0.25) is 0 Å². The molecule has 1 aromatic heterocycles. The number of nitrogens with zero attached hydrogens (tertiary/aromatic N) is 2. The molecule has 0 radical (unpaired) electrons. The minimum absolute atomic E-state index is 0.480. The Hall–Kier alpha value is -0.970. The van der Waals surface area contributed by atoms with Crippen molar-refractivity contribution in [3.63, 3.8) is 0 Å². The van der Waals surface area contributed by atoms with Gasteiger partial charge in [-0.15, -0.1) is 0 Å². The predicted octanol–water partition coefficient (Wildman–Crippen LogP) is 2.22. The second-order valence-corrected chi connectivity index (χ2v) is 4.55. The van der Waals surface area contributed by atoms with Gasteiger partial charge in [-0.25, -0.2) is 0 Å². The van der Waals surface area contributed by atoms with Crippen LogP contribution in [-0.2, 0) is 0 Å². The predicted molar refractivity (Wildman–Crippen MR) is 65.8 cm³/mol. The van der Waals surface area contributed by atoms with E-state index in [2.05, 4.69) is 23.1 Å². The lowest BCUT2D eigenvalue weighted by Gasteiger charge is -2.21. The highest BCUT2D eigenvalue weighted by molar-refractivity contribution is 7.11. The molecule has 0 aliphatic carbocycles. The maximum atomic E-state index is 5.70.